The molecule has 0 unspecified atom stereocenters. The second-order valence-electron chi connectivity index (χ2n) is 4.08. The zero-order chi connectivity index (χ0) is 11.4. The molecule has 1 aliphatic rings. The van der Waals surface area contributed by atoms with E-state index in [9.17, 15) is 0 Å². The molecule has 0 spiro atoms. The molecule has 4 nitrogen and oxygen atoms in total. The van der Waals surface area contributed by atoms with Gasteiger partial charge in [0, 0.05) is 25.6 Å². The van der Waals surface area contributed by atoms with Crippen LogP contribution in [0.5, 0.6) is 0 Å². The lowest BCUT2D eigenvalue weighted by Gasteiger charge is -2.15. The van der Waals surface area contributed by atoms with Gasteiger partial charge in [0.25, 0.3) is 0 Å². The van der Waals surface area contributed by atoms with Crippen LogP contribution in [0.25, 0.3) is 0 Å². The van der Waals surface area contributed by atoms with Crippen LogP contribution >= 0.6 is 0 Å². The molecule has 0 radical (unpaired) electrons. The number of nitrogens with zero attached hydrogens (tertiary/aromatic N) is 1. The van der Waals surface area contributed by atoms with E-state index in [0.717, 1.165) is 5.56 Å². The Hall–Kier alpha value is -0.940. The molecule has 0 aliphatic carbocycles. The van der Waals surface area contributed by atoms with Crippen molar-refractivity contribution in [2.24, 2.45) is 5.92 Å². The van der Waals surface area contributed by atoms with Gasteiger partial charge in [0.1, 0.15) is 6.10 Å². The number of aliphatic hydroxyl groups excluding tert-OH is 2. The van der Waals surface area contributed by atoms with Crippen molar-refractivity contribution < 1.29 is 15.1 Å². The summed E-state index contributed by atoms with van der Waals surface area (Å²) < 4.78 is 0. The minimum Gasteiger partial charge on any atom is -0.396 e. The van der Waals surface area contributed by atoms with Crippen LogP contribution in [0, 0.1) is 5.92 Å². The van der Waals surface area contributed by atoms with Crippen molar-refractivity contribution in [1.82, 2.24) is 5.06 Å². The summed E-state index contributed by atoms with van der Waals surface area (Å²) in [5.74, 6) is 0.00807. The fourth-order valence-corrected chi connectivity index (χ4v) is 1.95. The summed E-state index contributed by atoms with van der Waals surface area (Å²) >= 11 is 0. The molecule has 0 aromatic heterocycles. The third-order valence-electron chi connectivity index (χ3n) is 2.86. The standard InChI is InChI=1S/C12H17NO3/c14-8-11-7-13(16-12(11)9-15)6-10-4-2-1-3-5-10/h1-5,11-12,14-15H,6-9H2/t11-,12+/m1/s1. The Morgan fingerprint density at radius 2 is 1.94 bits per heavy atom. The Bertz CT molecular complexity index is 305. The maximum atomic E-state index is 9.13. The number of aliphatic hydroxyl groups is 2. The van der Waals surface area contributed by atoms with Gasteiger partial charge in [0.15, 0.2) is 0 Å². The maximum Gasteiger partial charge on any atom is 0.109 e. The van der Waals surface area contributed by atoms with Crippen LogP contribution < -0.4 is 0 Å². The fourth-order valence-electron chi connectivity index (χ4n) is 1.95. The van der Waals surface area contributed by atoms with Gasteiger partial charge in [0.05, 0.1) is 6.61 Å². The van der Waals surface area contributed by atoms with Crippen LogP contribution in [-0.2, 0) is 11.4 Å². The fraction of sp³-hybridized carbons (Fsp3) is 0.500. The molecule has 0 saturated carbocycles. The third kappa shape index (κ3) is 2.59. The Labute approximate surface area is 95.0 Å². The molecule has 1 fully saturated rings. The minimum absolute atomic E-state index is 0.00807. The summed E-state index contributed by atoms with van der Waals surface area (Å²) in [4.78, 5) is 5.54. The molecule has 2 atom stereocenters. The van der Waals surface area contributed by atoms with Crippen molar-refractivity contribution in [1.29, 1.82) is 0 Å². The quantitative estimate of drug-likeness (QED) is 0.776. The zero-order valence-corrected chi connectivity index (χ0v) is 9.12. The van der Waals surface area contributed by atoms with E-state index < -0.39 is 0 Å². The Kier molecular flexibility index (Phi) is 3.90. The maximum absolute atomic E-state index is 9.13. The van der Waals surface area contributed by atoms with Crippen molar-refractivity contribution in [3.63, 3.8) is 0 Å². The van der Waals surface area contributed by atoms with Gasteiger partial charge >= 0.3 is 0 Å². The summed E-state index contributed by atoms with van der Waals surface area (Å²) in [6.45, 7) is 1.36. The second-order valence-corrected chi connectivity index (χ2v) is 4.08. The lowest BCUT2D eigenvalue weighted by molar-refractivity contribution is -0.163. The van der Waals surface area contributed by atoms with Gasteiger partial charge in [-0.3, -0.25) is 4.84 Å². The van der Waals surface area contributed by atoms with Gasteiger partial charge in [-0.2, -0.15) is 5.06 Å². The van der Waals surface area contributed by atoms with Gasteiger partial charge < -0.3 is 10.2 Å². The highest BCUT2D eigenvalue weighted by Crippen LogP contribution is 2.21. The van der Waals surface area contributed by atoms with Gasteiger partial charge in [-0.05, 0) is 5.56 Å². The smallest absolute Gasteiger partial charge is 0.109 e. The molecule has 1 saturated heterocycles. The summed E-state index contributed by atoms with van der Waals surface area (Å²) in [5.41, 5.74) is 1.16. The van der Waals surface area contributed by atoms with Crippen molar-refractivity contribution in [3.8, 4) is 0 Å². The normalized spacial score (nSPS) is 26.1. The highest BCUT2D eigenvalue weighted by atomic mass is 16.7. The molecular formula is C12H17NO3. The molecule has 1 aromatic rings. The van der Waals surface area contributed by atoms with E-state index in [-0.39, 0.29) is 25.2 Å². The Balaban J connectivity index is 1.93. The van der Waals surface area contributed by atoms with Crippen LogP contribution in [0.15, 0.2) is 30.3 Å². The third-order valence-corrected chi connectivity index (χ3v) is 2.86. The van der Waals surface area contributed by atoms with Crippen molar-refractivity contribution in [2.45, 2.75) is 12.6 Å². The largest absolute Gasteiger partial charge is 0.396 e. The SMILES string of the molecule is OC[C@H]1CN(Cc2ccccc2)O[C@H]1CO. The average Bonchev–Trinajstić information content (AvgIpc) is 2.72. The first kappa shape index (κ1) is 11.5. The first-order chi connectivity index (χ1) is 7.83. The van der Waals surface area contributed by atoms with Gasteiger partial charge in [-0.25, -0.2) is 0 Å². The molecular weight excluding hydrogens is 206 g/mol. The molecule has 0 amide bonds. The first-order valence-electron chi connectivity index (χ1n) is 5.51. The molecule has 2 rings (SSSR count). The van der Waals surface area contributed by atoms with Crippen molar-refractivity contribution in [2.75, 3.05) is 19.8 Å². The van der Waals surface area contributed by atoms with Crippen LogP contribution in [0.4, 0.5) is 0 Å². The summed E-state index contributed by atoms with van der Waals surface area (Å²) in [6.07, 6.45) is -0.270. The predicted octanol–water partition coefficient (Wildman–Crippen LogP) is 0.403. The molecule has 16 heavy (non-hydrogen) atoms. The zero-order valence-electron chi connectivity index (χ0n) is 9.12. The van der Waals surface area contributed by atoms with E-state index in [4.69, 9.17) is 15.1 Å². The Morgan fingerprint density at radius 3 is 2.50 bits per heavy atom. The van der Waals surface area contributed by atoms with Crippen LogP contribution in [0.3, 0.4) is 0 Å². The van der Waals surface area contributed by atoms with Crippen LogP contribution in [-0.4, -0.2) is 41.1 Å². The van der Waals surface area contributed by atoms with E-state index in [2.05, 4.69) is 0 Å². The number of hydrogen-bond donors (Lipinski definition) is 2. The molecule has 1 aliphatic heterocycles. The van der Waals surface area contributed by atoms with Crippen molar-refractivity contribution in [3.05, 3.63) is 35.9 Å². The monoisotopic (exact) mass is 223 g/mol. The summed E-state index contributed by atoms with van der Waals surface area (Å²) in [7, 11) is 0. The highest BCUT2D eigenvalue weighted by molar-refractivity contribution is 5.14. The summed E-state index contributed by atoms with van der Waals surface area (Å²) in [6, 6.07) is 10.0. The summed E-state index contributed by atoms with van der Waals surface area (Å²) in [5, 5.41) is 20.0. The lowest BCUT2D eigenvalue weighted by Crippen LogP contribution is -2.24. The first-order valence-corrected chi connectivity index (χ1v) is 5.51. The second kappa shape index (κ2) is 5.41. The molecule has 4 heteroatoms. The van der Waals surface area contributed by atoms with E-state index in [1.165, 1.54) is 0 Å². The van der Waals surface area contributed by atoms with Gasteiger partial charge in [-0.15, -0.1) is 0 Å². The topological polar surface area (TPSA) is 52.9 Å². The Morgan fingerprint density at radius 1 is 1.19 bits per heavy atom. The molecule has 88 valence electrons. The number of hydroxylamine groups is 2. The molecule has 0 bridgehead atoms. The molecule has 1 aromatic carbocycles. The molecule has 1 heterocycles. The van der Waals surface area contributed by atoms with Crippen molar-refractivity contribution >= 4 is 0 Å². The average molecular weight is 223 g/mol. The van der Waals surface area contributed by atoms with E-state index in [0.29, 0.717) is 13.1 Å². The van der Waals surface area contributed by atoms with Crippen LogP contribution in [0.2, 0.25) is 0 Å². The lowest BCUT2D eigenvalue weighted by atomic mass is 10.1. The molecule has 2 N–H and O–H groups in total. The predicted molar refractivity (Wildman–Crippen MR) is 59.4 cm³/mol. The highest BCUT2D eigenvalue weighted by Gasteiger charge is 2.32. The van der Waals surface area contributed by atoms with E-state index in [1.54, 1.807) is 5.06 Å². The number of rotatable bonds is 4. The van der Waals surface area contributed by atoms with Gasteiger partial charge in [0.2, 0.25) is 0 Å². The van der Waals surface area contributed by atoms with Crippen LogP contribution in [0.1, 0.15) is 5.56 Å². The minimum atomic E-state index is -0.270. The van der Waals surface area contributed by atoms with E-state index in [1.807, 2.05) is 30.3 Å². The van der Waals surface area contributed by atoms with E-state index >= 15 is 0 Å². The number of hydrogen-bond acceptors (Lipinski definition) is 4. The number of benzene rings is 1. The van der Waals surface area contributed by atoms with Gasteiger partial charge in [-0.1, -0.05) is 30.3 Å².